The average Bonchev–Trinajstić information content (AvgIpc) is 2.33. The van der Waals surface area contributed by atoms with Crippen molar-refractivity contribution >= 4 is 0 Å². The molecule has 0 aromatic heterocycles. The van der Waals surface area contributed by atoms with Gasteiger partial charge < -0.3 is 16.4 Å². The molecule has 0 atom stereocenters. The van der Waals surface area contributed by atoms with E-state index in [1.165, 1.54) is 32.7 Å². The molecule has 1 saturated heterocycles. The van der Waals surface area contributed by atoms with Crippen LogP contribution in [0.25, 0.3) is 0 Å². The summed E-state index contributed by atoms with van der Waals surface area (Å²) in [4.78, 5) is 5.06. The summed E-state index contributed by atoms with van der Waals surface area (Å²) in [6.45, 7) is 11.0. The van der Waals surface area contributed by atoms with Crippen LogP contribution in [0.2, 0.25) is 0 Å². The molecule has 0 unspecified atom stereocenters. The fourth-order valence-electron chi connectivity index (χ4n) is 1.97. The average molecular weight is 229 g/mol. The Hall–Kier alpha value is -0.200. The minimum Gasteiger partial charge on any atom is -0.329 e. The third-order valence-corrected chi connectivity index (χ3v) is 3.07. The van der Waals surface area contributed by atoms with E-state index < -0.39 is 0 Å². The smallest absolute Gasteiger partial charge is 0.0110 e. The predicted octanol–water partition coefficient (Wildman–Crippen LogP) is -1.63. The minimum atomic E-state index is 0.734. The number of piperazine rings is 1. The Bertz CT molecular complexity index is 156. The van der Waals surface area contributed by atoms with Gasteiger partial charge in [-0.05, 0) is 7.05 Å². The van der Waals surface area contributed by atoms with E-state index in [-0.39, 0.29) is 0 Å². The number of nitrogens with two attached hydrogens (primary N) is 1. The molecule has 5 heteroatoms. The van der Waals surface area contributed by atoms with Crippen LogP contribution in [-0.4, -0.2) is 82.3 Å². The molecule has 1 heterocycles. The molecule has 0 spiro atoms. The monoisotopic (exact) mass is 229 g/mol. The van der Waals surface area contributed by atoms with Gasteiger partial charge in [0, 0.05) is 65.4 Å². The van der Waals surface area contributed by atoms with E-state index in [2.05, 4.69) is 20.4 Å². The van der Waals surface area contributed by atoms with Crippen LogP contribution in [0.3, 0.4) is 0 Å². The van der Waals surface area contributed by atoms with Crippen LogP contribution in [0.5, 0.6) is 0 Å². The molecule has 1 aliphatic heterocycles. The van der Waals surface area contributed by atoms with Gasteiger partial charge in [0.05, 0.1) is 0 Å². The van der Waals surface area contributed by atoms with Crippen LogP contribution in [-0.2, 0) is 0 Å². The topological polar surface area (TPSA) is 56.6 Å². The van der Waals surface area contributed by atoms with Crippen molar-refractivity contribution < 1.29 is 0 Å². The van der Waals surface area contributed by atoms with Crippen LogP contribution >= 0.6 is 0 Å². The van der Waals surface area contributed by atoms with E-state index in [9.17, 15) is 0 Å². The van der Waals surface area contributed by atoms with Gasteiger partial charge in [-0.15, -0.1) is 0 Å². The van der Waals surface area contributed by atoms with Gasteiger partial charge in [-0.3, -0.25) is 9.80 Å². The molecule has 0 amide bonds. The van der Waals surface area contributed by atoms with Crippen LogP contribution in [0.1, 0.15) is 0 Å². The van der Waals surface area contributed by atoms with Crippen molar-refractivity contribution in [3.63, 3.8) is 0 Å². The lowest BCUT2D eigenvalue weighted by Gasteiger charge is -2.34. The fraction of sp³-hybridized carbons (Fsp3) is 1.00. The van der Waals surface area contributed by atoms with Crippen LogP contribution < -0.4 is 16.4 Å². The third-order valence-electron chi connectivity index (χ3n) is 3.07. The first-order valence-corrected chi connectivity index (χ1v) is 6.37. The molecule has 5 nitrogen and oxygen atoms in total. The van der Waals surface area contributed by atoms with Crippen LogP contribution in [0.4, 0.5) is 0 Å². The normalized spacial score (nSPS) is 19.1. The van der Waals surface area contributed by atoms with E-state index in [0.29, 0.717) is 0 Å². The van der Waals surface area contributed by atoms with Gasteiger partial charge in [0.1, 0.15) is 0 Å². The second kappa shape index (κ2) is 8.90. The Morgan fingerprint density at radius 3 is 2.00 bits per heavy atom. The van der Waals surface area contributed by atoms with Crippen molar-refractivity contribution in [2.24, 2.45) is 5.73 Å². The molecule has 0 saturated carbocycles. The fourth-order valence-corrected chi connectivity index (χ4v) is 1.97. The molecule has 1 fully saturated rings. The van der Waals surface area contributed by atoms with Gasteiger partial charge in [0.15, 0.2) is 0 Å². The molecule has 4 N–H and O–H groups in total. The first kappa shape index (κ1) is 13.9. The van der Waals surface area contributed by atoms with Gasteiger partial charge in [0.2, 0.25) is 0 Å². The van der Waals surface area contributed by atoms with E-state index in [4.69, 9.17) is 5.73 Å². The SMILES string of the molecule is CNCCN1CCN(CCNCCN)CC1. The van der Waals surface area contributed by atoms with Gasteiger partial charge >= 0.3 is 0 Å². The maximum absolute atomic E-state index is 5.42. The van der Waals surface area contributed by atoms with Crippen molar-refractivity contribution in [1.82, 2.24) is 20.4 Å². The summed E-state index contributed by atoms with van der Waals surface area (Å²) in [5.41, 5.74) is 5.42. The predicted molar refractivity (Wildman–Crippen MR) is 68.7 cm³/mol. The Labute approximate surface area is 99.3 Å². The van der Waals surface area contributed by atoms with Crippen LogP contribution in [0.15, 0.2) is 0 Å². The summed E-state index contributed by atoms with van der Waals surface area (Å²) in [5, 5.41) is 6.54. The first-order valence-electron chi connectivity index (χ1n) is 6.37. The van der Waals surface area contributed by atoms with Gasteiger partial charge in [-0.25, -0.2) is 0 Å². The van der Waals surface area contributed by atoms with Gasteiger partial charge in [-0.2, -0.15) is 0 Å². The number of hydrogen-bond donors (Lipinski definition) is 3. The Balaban J connectivity index is 1.98. The minimum absolute atomic E-state index is 0.734. The van der Waals surface area contributed by atoms with Gasteiger partial charge in [-0.1, -0.05) is 0 Å². The van der Waals surface area contributed by atoms with Crippen molar-refractivity contribution in [3.8, 4) is 0 Å². The second-order valence-electron chi connectivity index (χ2n) is 4.33. The molecule has 0 aromatic rings. The highest BCUT2D eigenvalue weighted by atomic mass is 15.3. The Morgan fingerprint density at radius 1 is 0.938 bits per heavy atom. The number of rotatable bonds is 8. The van der Waals surface area contributed by atoms with E-state index in [1.54, 1.807) is 0 Å². The first-order chi connectivity index (χ1) is 7.86. The molecule has 0 radical (unpaired) electrons. The zero-order valence-electron chi connectivity index (χ0n) is 10.5. The maximum atomic E-state index is 5.42. The third kappa shape index (κ3) is 5.77. The standard InChI is InChI=1S/C11H27N5/c1-13-4-6-15-8-10-16(11-9-15)7-5-14-3-2-12/h13-14H,2-12H2,1H3. The number of nitrogens with zero attached hydrogens (tertiary/aromatic N) is 2. The highest BCUT2D eigenvalue weighted by molar-refractivity contribution is 4.72. The molecular weight excluding hydrogens is 202 g/mol. The molecular formula is C11H27N5. The van der Waals surface area contributed by atoms with Crippen molar-refractivity contribution in [3.05, 3.63) is 0 Å². The molecule has 96 valence electrons. The lowest BCUT2D eigenvalue weighted by molar-refractivity contribution is 0.134. The highest BCUT2D eigenvalue weighted by Gasteiger charge is 2.15. The number of nitrogens with one attached hydrogen (secondary N) is 2. The lowest BCUT2D eigenvalue weighted by atomic mass is 10.3. The molecule has 1 rings (SSSR count). The number of likely N-dealkylation sites (N-methyl/N-ethyl adjacent to an activating group) is 1. The van der Waals surface area contributed by atoms with E-state index >= 15 is 0 Å². The molecule has 0 aromatic carbocycles. The van der Waals surface area contributed by atoms with Crippen molar-refractivity contribution in [1.29, 1.82) is 0 Å². The highest BCUT2D eigenvalue weighted by Crippen LogP contribution is 1.99. The van der Waals surface area contributed by atoms with Crippen molar-refractivity contribution in [2.75, 3.05) is 72.5 Å². The Morgan fingerprint density at radius 2 is 1.50 bits per heavy atom. The largest absolute Gasteiger partial charge is 0.329 e. The van der Waals surface area contributed by atoms with Crippen molar-refractivity contribution in [2.45, 2.75) is 0 Å². The lowest BCUT2D eigenvalue weighted by Crippen LogP contribution is -2.49. The molecule has 0 bridgehead atoms. The van der Waals surface area contributed by atoms with Crippen LogP contribution in [0, 0.1) is 0 Å². The quantitative estimate of drug-likeness (QED) is 0.437. The molecule has 16 heavy (non-hydrogen) atoms. The maximum Gasteiger partial charge on any atom is 0.0110 e. The summed E-state index contributed by atoms with van der Waals surface area (Å²) in [6.07, 6.45) is 0. The number of hydrogen-bond acceptors (Lipinski definition) is 5. The molecule has 0 aliphatic carbocycles. The molecule has 1 aliphatic rings. The summed E-state index contributed by atoms with van der Waals surface area (Å²) < 4.78 is 0. The summed E-state index contributed by atoms with van der Waals surface area (Å²) in [5.74, 6) is 0. The summed E-state index contributed by atoms with van der Waals surface area (Å²) >= 11 is 0. The second-order valence-corrected chi connectivity index (χ2v) is 4.33. The Kier molecular flexibility index (Phi) is 7.71. The van der Waals surface area contributed by atoms with Gasteiger partial charge in [0.25, 0.3) is 0 Å². The zero-order chi connectivity index (χ0) is 11.6. The van der Waals surface area contributed by atoms with E-state index in [1.807, 2.05) is 7.05 Å². The summed E-state index contributed by atoms with van der Waals surface area (Å²) in [6, 6.07) is 0. The zero-order valence-corrected chi connectivity index (χ0v) is 10.5. The summed E-state index contributed by atoms with van der Waals surface area (Å²) in [7, 11) is 2.01. The van der Waals surface area contributed by atoms with E-state index in [0.717, 1.165) is 32.7 Å².